The third kappa shape index (κ3) is 9.17. The van der Waals surface area contributed by atoms with Crippen molar-refractivity contribution >= 4 is 41.3 Å². The van der Waals surface area contributed by atoms with Crippen LogP contribution in [-0.2, 0) is 6.42 Å². The number of halogens is 1. The lowest BCUT2D eigenvalue weighted by atomic mass is 10.2. The lowest BCUT2D eigenvalue weighted by Crippen LogP contribution is -2.41. The van der Waals surface area contributed by atoms with Gasteiger partial charge in [0, 0.05) is 56.3 Å². The summed E-state index contributed by atoms with van der Waals surface area (Å²) in [4.78, 5) is 12.4. The summed E-state index contributed by atoms with van der Waals surface area (Å²) in [5.41, 5.74) is 0. The van der Waals surface area contributed by atoms with E-state index in [1.54, 1.807) is 11.3 Å². The Kier molecular flexibility index (Phi) is 12.7. The molecule has 0 aliphatic heterocycles. The number of nitrogens with zero attached hydrogens (tertiary/aromatic N) is 3. The molecule has 0 aliphatic carbocycles. The van der Waals surface area contributed by atoms with Crippen LogP contribution in [0.2, 0.25) is 0 Å². The molecule has 0 saturated carbocycles. The Bertz CT molecular complexity index is 465. The van der Waals surface area contributed by atoms with Crippen molar-refractivity contribution in [1.29, 1.82) is 0 Å². The summed E-state index contributed by atoms with van der Waals surface area (Å²) in [5, 5.41) is 7.92. The summed E-state index contributed by atoms with van der Waals surface area (Å²) >= 11 is 1.76. The third-order valence-electron chi connectivity index (χ3n) is 3.74. The Labute approximate surface area is 168 Å². The standard InChI is InChI=1S/C17H33N5S.HI/c1-13(2)22(14(3)4)11-7-9-19-17(18-6)20-10-8-16-21-12-15(5)23-16;/h12-14H,7-11H2,1-6H3,(H2,18,19,20);1H. The maximum Gasteiger partial charge on any atom is 0.190 e. The highest BCUT2D eigenvalue weighted by Crippen LogP contribution is 2.10. The van der Waals surface area contributed by atoms with Crippen LogP contribution in [0.5, 0.6) is 0 Å². The lowest BCUT2D eigenvalue weighted by Gasteiger charge is -2.30. The van der Waals surface area contributed by atoms with Crippen LogP contribution in [0.15, 0.2) is 11.2 Å². The van der Waals surface area contributed by atoms with E-state index in [0.717, 1.165) is 38.4 Å². The average Bonchev–Trinajstić information content (AvgIpc) is 2.89. The smallest absolute Gasteiger partial charge is 0.190 e. The molecular formula is C17H34IN5S. The van der Waals surface area contributed by atoms with Crippen molar-refractivity contribution < 1.29 is 0 Å². The van der Waals surface area contributed by atoms with Crippen molar-refractivity contribution in [3.05, 3.63) is 16.1 Å². The molecule has 2 N–H and O–H groups in total. The van der Waals surface area contributed by atoms with Crippen LogP contribution in [0.25, 0.3) is 0 Å². The first kappa shape index (κ1) is 23.6. The Morgan fingerprint density at radius 2 is 1.83 bits per heavy atom. The fourth-order valence-corrected chi connectivity index (χ4v) is 3.39. The van der Waals surface area contributed by atoms with Crippen LogP contribution in [-0.4, -0.2) is 54.6 Å². The zero-order chi connectivity index (χ0) is 17.2. The summed E-state index contributed by atoms with van der Waals surface area (Å²) in [6, 6.07) is 1.18. The van der Waals surface area contributed by atoms with Crippen LogP contribution >= 0.6 is 35.3 Å². The van der Waals surface area contributed by atoms with E-state index in [4.69, 9.17) is 0 Å². The van der Waals surface area contributed by atoms with E-state index in [1.807, 2.05) is 13.2 Å². The molecule has 24 heavy (non-hydrogen) atoms. The van der Waals surface area contributed by atoms with Gasteiger partial charge in [0.25, 0.3) is 0 Å². The summed E-state index contributed by atoms with van der Waals surface area (Å²) in [7, 11) is 1.82. The molecule has 1 heterocycles. The topological polar surface area (TPSA) is 52.6 Å². The van der Waals surface area contributed by atoms with Gasteiger partial charge in [0.15, 0.2) is 5.96 Å². The van der Waals surface area contributed by atoms with Crippen molar-refractivity contribution in [1.82, 2.24) is 20.5 Å². The van der Waals surface area contributed by atoms with Crippen LogP contribution in [0, 0.1) is 6.92 Å². The van der Waals surface area contributed by atoms with E-state index in [2.05, 4.69) is 60.1 Å². The Morgan fingerprint density at radius 1 is 1.21 bits per heavy atom. The van der Waals surface area contributed by atoms with Crippen molar-refractivity contribution in [2.24, 2.45) is 4.99 Å². The minimum absolute atomic E-state index is 0. The molecular weight excluding hydrogens is 433 g/mol. The van der Waals surface area contributed by atoms with Gasteiger partial charge in [0.2, 0.25) is 0 Å². The maximum absolute atomic E-state index is 4.38. The van der Waals surface area contributed by atoms with Gasteiger partial charge in [-0.3, -0.25) is 9.89 Å². The molecule has 5 nitrogen and oxygen atoms in total. The minimum atomic E-state index is 0. The molecule has 0 unspecified atom stereocenters. The fourth-order valence-electron chi connectivity index (χ4n) is 2.61. The quantitative estimate of drug-likeness (QED) is 0.253. The molecule has 1 aromatic heterocycles. The monoisotopic (exact) mass is 467 g/mol. The second-order valence-electron chi connectivity index (χ2n) is 6.32. The van der Waals surface area contributed by atoms with Crippen molar-refractivity contribution in [3.63, 3.8) is 0 Å². The van der Waals surface area contributed by atoms with Gasteiger partial charge in [0.05, 0.1) is 5.01 Å². The summed E-state index contributed by atoms with van der Waals surface area (Å²) in [5.74, 6) is 0.874. The summed E-state index contributed by atoms with van der Waals surface area (Å²) < 4.78 is 0. The Morgan fingerprint density at radius 3 is 2.33 bits per heavy atom. The first-order chi connectivity index (χ1) is 10.9. The molecule has 7 heteroatoms. The second-order valence-corrected chi connectivity index (χ2v) is 7.64. The molecule has 0 saturated heterocycles. The highest BCUT2D eigenvalue weighted by atomic mass is 127. The first-order valence-electron chi connectivity index (χ1n) is 8.55. The lowest BCUT2D eigenvalue weighted by molar-refractivity contribution is 0.173. The number of aryl methyl sites for hydroxylation is 1. The third-order valence-corrected chi connectivity index (χ3v) is 4.71. The van der Waals surface area contributed by atoms with Crippen LogP contribution < -0.4 is 10.6 Å². The molecule has 0 fully saturated rings. The summed E-state index contributed by atoms with van der Waals surface area (Å²) in [6.07, 6.45) is 3.98. The number of rotatable bonds is 9. The van der Waals surface area contributed by atoms with E-state index in [9.17, 15) is 0 Å². The van der Waals surface area contributed by atoms with Crippen molar-refractivity contribution in [3.8, 4) is 0 Å². The number of nitrogens with one attached hydrogen (secondary N) is 2. The van der Waals surface area contributed by atoms with Crippen molar-refractivity contribution in [2.45, 2.75) is 59.5 Å². The number of thiazole rings is 1. The number of guanidine groups is 1. The molecule has 0 radical (unpaired) electrons. The van der Waals surface area contributed by atoms with Gasteiger partial charge < -0.3 is 10.6 Å². The van der Waals surface area contributed by atoms with Crippen LogP contribution in [0.4, 0.5) is 0 Å². The molecule has 1 rings (SSSR count). The van der Waals surface area contributed by atoms with E-state index in [-0.39, 0.29) is 24.0 Å². The van der Waals surface area contributed by atoms with E-state index in [1.165, 1.54) is 9.88 Å². The predicted octanol–water partition coefficient (Wildman–Crippen LogP) is 3.29. The van der Waals surface area contributed by atoms with Crippen molar-refractivity contribution in [2.75, 3.05) is 26.7 Å². The second kappa shape index (κ2) is 12.9. The maximum atomic E-state index is 4.38. The molecule has 0 amide bonds. The number of hydrogen-bond donors (Lipinski definition) is 2. The Balaban J connectivity index is 0.00000529. The minimum Gasteiger partial charge on any atom is -0.356 e. The van der Waals surface area contributed by atoms with Crippen LogP contribution in [0.1, 0.15) is 44.0 Å². The van der Waals surface area contributed by atoms with Gasteiger partial charge in [-0.05, 0) is 41.0 Å². The van der Waals surface area contributed by atoms with Gasteiger partial charge in [-0.2, -0.15) is 0 Å². The number of hydrogen-bond acceptors (Lipinski definition) is 4. The highest BCUT2D eigenvalue weighted by molar-refractivity contribution is 14.0. The van der Waals surface area contributed by atoms with E-state index in [0.29, 0.717) is 12.1 Å². The average molecular weight is 467 g/mol. The fraction of sp³-hybridized carbons (Fsp3) is 0.765. The van der Waals surface area contributed by atoms with Gasteiger partial charge in [0.1, 0.15) is 0 Å². The zero-order valence-electron chi connectivity index (χ0n) is 15.9. The molecule has 0 aromatic carbocycles. The van der Waals surface area contributed by atoms with Gasteiger partial charge in [-0.25, -0.2) is 4.98 Å². The number of aromatic nitrogens is 1. The SMILES string of the molecule is CN=C(NCCCN(C(C)C)C(C)C)NCCc1ncc(C)s1.I. The first-order valence-corrected chi connectivity index (χ1v) is 9.37. The molecule has 0 atom stereocenters. The number of aliphatic imine (C=N–C) groups is 1. The van der Waals surface area contributed by atoms with E-state index < -0.39 is 0 Å². The van der Waals surface area contributed by atoms with Gasteiger partial charge >= 0.3 is 0 Å². The highest BCUT2D eigenvalue weighted by Gasteiger charge is 2.12. The zero-order valence-corrected chi connectivity index (χ0v) is 19.1. The summed E-state index contributed by atoms with van der Waals surface area (Å²) in [6.45, 7) is 14.0. The van der Waals surface area contributed by atoms with Gasteiger partial charge in [-0.15, -0.1) is 35.3 Å². The van der Waals surface area contributed by atoms with Gasteiger partial charge in [-0.1, -0.05) is 0 Å². The van der Waals surface area contributed by atoms with E-state index >= 15 is 0 Å². The molecule has 1 aromatic rings. The molecule has 0 bridgehead atoms. The normalized spacial score (nSPS) is 12.0. The molecule has 0 aliphatic rings. The molecule has 0 spiro atoms. The Hall–Kier alpha value is -0.410. The van der Waals surface area contributed by atoms with Crippen LogP contribution in [0.3, 0.4) is 0 Å². The molecule has 140 valence electrons. The largest absolute Gasteiger partial charge is 0.356 e. The predicted molar refractivity (Wildman–Crippen MR) is 117 cm³/mol.